The number of aromatic nitrogens is 1. The summed E-state index contributed by atoms with van der Waals surface area (Å²) in [5, 5.41) is 1.01. The topological polar surface area (TPSA) is 30.0 Å². The molecule has 1 aromatic heterocycles. The normalized spacial score (nSPS) is 12.2. The van der Waals surface area contributed by atoms with E-state index in [-0.39, 0.29) is 11.7 Å². The summed E-state index contributed by atoms with van der Waals surface area (Å²) in [7, 11) is 0. The van der Waals surface area contributed by atoms with E-state index in [0.717, 1.165) is 22.9 Å². The Morgan fingerprint density at radius 2 is 1.76 bits per heavy atom. The van der Waals surface area contributed by atoms with Crippen LogP contribution < -0.4 is 0 Å². The zero-order valence-corrected chi connectivity index (χ0v) is 12.0. The fourth-order valence-corrected chi connectivity index (χ4v) is 2.75. The van der Waals surface area contributed by atoms with Crippen molar-refractivity contribution in [2.24, 2.45) is 0 Å². The van der Waals surface area contributed by atoms with Gasteiger partial charge in [0.1, 0.15) is 0 Å². The number of hydrogen-bond acceptors (Lipinski definition) is 2. The number of carbonyl (C=O) groups excluding carboxylic acids is 1. The quantitative estimate of drug-likeness (QED) is 0.651. The van der Waals surface area contributed by atoms with Crippen molar-refractivity contribution >= 4 is 16.7 Å². The van der Waals surface area contributed by atoms with Crippen LogP contribution in [0.1, 0.15) is 35.2 Å². The second kappa shape index (κ2) is 5.88. The van der Waals surface area contributed by atoms with E-state index in [1.807, 2.05) is 67.6 Å². The minimum atomic E-state index is -0.112. The second-order valence-electron chi connectivity index (χ2n) is 5.12. The summed E-state index contributed by atoms with van der Waals surface area (Å²) in [4.78, 5) is 17.3. The number of benzene rings is 2. The molecule has 3 rings (SSSR count). The largest absolute Gasteiger partial charge is 0.293 e. The van der Waals surface area contributed by atoms with Crippen molar-refractivity contribution in [3.8, 4) is 0 Å². The van der Waals surface area contributed by atoms with Crippen molar-refractivity contribution in [2.45, 2.75) is 19.3 Å². The van der Waals surface area contributed by atoms with Crippen molar-refractivity contribution in [3.05, 3.63) is 78.0 Å². The summed E-state index contributed by atoms with van der Waals surface area (Å²) >= 11 is 0. The third kappa shape index (κ3) is 2.57. The van der Waals surface area contributed by atoms with Crippen LogP contribution in [0.3, 0.4) is 0 Å². The minimum Gasteiger partial charge on any atom is -0.293 e. The molecule has 1 heterocycles. The Kier molecular flexibility index (Phi) is 3.78. The molecule has 0 saturated carbocycles. The van der Waals surface area contributed by atoms with Gasteiger partial charge in [0.2, 0.25) is 0 Å². The lowest BCUT2D eigenvalue weighted by molar-refractivity contribution is 0.0959. The molecule has 0 saturated heterocycles. The van der Waals surface area contributed by atoms with Crippen molar-refractivity contribution < 1.29 is 4.79 Å². The van der Waals surface area contributed by atoms with Crippen molar-refractivity contribution in [1.82, 2.24) is 4.98 Å². The third-order valence-electron chi connectivity index (χ3n) is 3.82. The number of Topliss-reactive ketones (excluding diaryl/α,β-unsaturated/α-hetero) is 1. The van der Waals surface area contributed by atoms with Gasteiger partial charge in [0.15, 0.2) is 5.78 Å². The van der Waals surface area contributed by atoms with E-state index in [0.29, 0.717) is 5.56 Å². The Morgan fingerprint density at radius 1 is 1.00 bits per heavy atom. The highest BCUT2D eigenvalue weighted by molar-refractivity contribution is 6.09. The molecule has 2 nitrogen and oxygen atoms in total. The summed E-state index contributed by atoms with van der Waals surface area (Å²) in [6.07, 6.45) is 2.52. The number of ketones is 1. The molecule has 3 aromatic rings. The molecule has 0 aliphatic carbocycles. The molecule has 1 unspecified atom stereocenters. The highest BCUT2D eigenvalue weighted by Gasteiger charge is 2.22. The molecule has 0 amide bonds. The van der Waals surface area contributed by atoms with Gasteiger partial charge >= 0.3 is 0 Å². The predicted molar refractivity (Wildman–Crippen MR) is 85.5 cm³/mol. The maximum absolute atomic E-state index is 13.0. The number of fused-ring (bicyclic) bond motifs is 1. The van der Waals surface area contributed by atoms with Crippen LogP contribution in [0.15, 0.2) is 66.9 Å². The first kappa shape index (κ1) is 13.5. The molecule has 0 aliphatic heterocycles. The molecular weight excluding hydrogens is 258 g/mol. The van der Waals surface area contributed by atoms with Crippen molar-refractivity contribution in [2.75, 3.05) is 0 Å². The number of nitrogens with zero attached hydrogens (tertiary/aromatic N) is 1. The summed E-state index contributed by atoms with van der Waals surface area (Å²) in [6, 6.07) is 19.6. The molecule has 0 spiro atoms. The lowest BCUT2D eigenvalue weighted by atomic mass is 9.88. The van der Waals surface area contributed by atoms with E-state index in [4.69, 9.17) is 0 Å². The Balaban J connectivity index is 2.07. The van der Waals surface area contributed by atoms with Gasteiger partial charge in [-0.2, -0.15) is 0 Å². The van der Waals surface area contributed by atoms with Crippen LogP contribution in [0.2, 0.25) is 0 Å². The van der Waals surface area contributed by atoms with Crippen LogP contribution in [0.4, 0.5) is 0 Å². The van der Waals surface area contributed by atoms with Crippen LogP contribution in [-0.4, -0.2) is 10.8 Å². The van der Waals surface area contributed by atoms with Crippen LogP contribution in [0.25, 0.3) is 10.9 Å². The summed E-state index contributed by atoms with van der Waals surface area (Å²) < 4.78 is 0. The monoisotopic (exact) mass is 275 g/mol. The molecule has 0 fully saturated rings. The van der Waals surface area contributed by atoms with Gasteiger partial charge in [0.05, 0.1) is 5.52 Å². The standard InChI is InChI=1S/C19H17NO/c1-2-16(14-8-4-3-5-9-14)19(21)17-12-6-10-15-11-7-13-20-18(15)17/h3-13,16H,2H2,1H3. The van der Waals surface area contributed by atoms with E-state index >= 15 is 0 Å². The van der Waals surface area contributed by atoms with Crippen LogP contribution in [-0.2, 0) is 0 Å². The Labute approximate surface area is 124 Å². The SMILES string of the molecule is CCC(C(=O)c1cccc2cccnc12)c1ccccc1. The smallest absolute Gasteiger partial charge is 0.172 e. The van der Waals surface area contributed by atoms with E-state index in [9.17, 15) is 4.79 Å². The maximum Gasteiger partial charge on any atom is 0.172 e. The van der Waals surface area contributed by atoms with Gasteiger partial charge in [0, 0.05) is 23.1 Å². The Hall–Kier alpha value is -2.48. The van der Waals surface area contributed by atoms with Gasteiger partial charge in [-0.15, -0.1) is 0 Å². The summed E-state index contributed by atoms with van der Waals surface area (Å²) in [6.45, 7) is 2.05. The number of para-hydroxylation sites is 1. The predicted octanol–water partition coefficient (Wildman–Crippen LogP) is 4.61. The average Bonchev–Trinajstić information content (AvgIpc) is 2.56. The maximum atomic E-state index is 13.0. The van der Waals surface area contributed by atoms with Crippen LogP contribution in [0, 0.1) is 0 Å². The molecule has 0 radical (unpaired) electrons. The van der Waals surface area contributed by atoms with Gasteiger partial charge < -0.3 is 0 Å². The van der Waals surface area contributed by atoms with Gasteiger partial charge in [-0.3, -0.25) is 9.78 Å². The molecule has 1 atom stereocenters. The average molecular weight is 275 g/mol. The lowest BCUT2D eigenvalue weighted by Crippen LogP contribution is -2.13. The Morgan fingerprint density at radius 3 is 2.52 bits per heavy atom. The molecule has 0 aliphatic rings. The van der Waals surface area contributed by atoms with Crippen LogP contribution in [0.5, 0.6) is 0 Å². The Bertz CT molecular complexity index is 759. The number of pyridine rings is 1. The highest BCUT2D eigenvalue weighted by atomic mass is 16.1. The third-order valence-corrected chi connectivity index (χ3v) is 3.82. The highest BCUT2D eigenvalue weighted by Crippen LogP contribution is 2.27. The van der Waals surface area contributed by atoms with E-state index in [1.165, 1.54) is 0 Å². The first-order valence-electron chi connectivity index (χ1n) is 7.24. The van der Waals surface area contributed by atoms with E-state index < -0.39 is 0 Å². The second-order valence-corrected chi connectivity index (χ2v) is 5.12. The summed E-state index contributed by atoms with van der Waals surface area (Å²) in [5.74, 6) is 0.0341. The van der Waals surface area contributed by atoms with E-state index in [2.05, 4.69) is 4.98 Å². The number of rotatable bonds is 4. The van der Waals surface area contributed by atoms with Crippen LogP contribution >= 0.6 is 0 Å². The molecule has 2 heteroatoms. The molecule has 104 valence electrons. The first-order valence-corrected chi connectivity index (χ1v) is 7.24. The van der Waals surface area contributed by atoms with Gasteiger partial charge in [0.25, 0.3) is 0 Å². The molecule has 2 aromatic carbocycles. The number of carbonyl (C=O) groups is 1. The van der Waals surface area contributed by atoms with Crippen molar-refractivity contribution in [3.63, 3.8) is 0 Å². The minimum absolute atomic E-state index is 0.112. The molecule has 21 heavy (non-hydrogen) atoms. The fourth-order valence-electron chi connectivity index (χ4n) is 2.75. The first-order chi connectivity index (χ1) is 10.3. The fraction of sp³-hybridized carbons (Fsp3) is 0.158. The zero-order valence-electron chi connectivity index (χ0n) is 12.0. The molecular formula is C19H17NO. The lowest BCUT2D eigenvalue weighted by Gasteiger charge is -2.15. The van der Waals surface area contributed by atoms with Gasteiger partial charge in [-0.25, -0.2) is 0 Å². The molecule has 0 bridgehead atoms. The summed E-state index contributed by atoms with van der Waals surface area (Å²) in [5.41, 5.74) is 2.57. The number of hydrogen-bond donors (Lipinski definition) is 0. The van der Waals surface area contributed by atoms with Gasteiger partial charge in [-0.05, 0) is 24.1 Å². The van der Waals surface area contributed by atoms with Crippen molar-refractivity contribution in [1.29, 1.82) is 0 Å². The zero-order chi connectivity index (χ0) is 14.7. The van der Waals surface area contributed by atoms with E-state index in [1.54, 1.807) is 6.20 Å². The molecule has 0 N–H and O–H groups in total. The van der Waals surface area contributed by atoms with Gasteiger partial charge in [-0.1, -0.05) is 55.5 Å².